The molecule has 0 radical (unpaired) electrons. The Morgan fingerprint density at radius 2 is 2.17 bits per heavy atom. The van der Waals surface area contributed by atoms with Gasteiger partial charge in [0, 0.05) is 19.5 Å². The Kier molecular flexibility index (Phi) is 4.46. The van der Waals surface area contributed by atoms with Crippen molar-refractivity contribution in [3.63, 3.8) is 0 Å². The average molecular weight is 313 g/mol. The molecule has 1 amide bonds. The minimum Gasteiger partial charge on any atom is -0.342 e. The lowest BCUT2D eigenvalue weighted by atomic mass is 10.0. The van der Waals surface area contributed by atoms with Crippen molar-refractivity contribution in [3.05, 3.63) is 46.6 Å². The third kappa shape index (κ3) is 3.60. The molecule has 0 bridgehead atoms. The van der Waals surface area contributed by atoms with Crippen molar-refractivity contribution in [2.24, 2.45) is 0 Å². The van der Waals surface area contributed by atoms with Gasteiger partial charge in [0.2, 0.25) is 11.8 Å². The molecule has 1 aromatic heterocycles. The number of nitrogens with zero attached hydrogens (tertiary/aromatic N) is 3. The lowest BCUT2D eigenvalue weighted by Crippen LogP contribution is -2.28. The number of hydrogen-bond donors (Lipinski definition) is 0. The highest BCUT2D eigenvalue weighted by molar-refractivity contribution is 5.76. The van der Waals surface area contributed by atoms with E-state index in [4.69, 9.17) is 4.52 Å². The summed E-state index contributed by atoms with van der Waals surface area (Å²) >= 11 is 0. The number of aromatic nitrogens is 2. The Labute approximate surface area is 136 Å². The average Bonchev–Trinajstić information content (AvgIpc) is 3.14. The maximum atomic E-state index is 12.4. The number of rotatable bonds is 4. The summed E-state index contributed by atoms with van der Waals surface area (Å²) in [6, 6.07) is 6.41. The second-order valence-electron chi connectivity index (χ2n) is 6.44. The van der Waals surface area contributed by atoms with E-state index < -0.39 is 0 Å². The third-order valence-electron chi connectivity index (χ3n) is 4.54. The molecule has 5 nitrogen and oxygen atoms in total. The molecule has 5 heteroatoms. The van der Waals surface area contributed by atoms with E-state index in [0.717, 1.165) is 19.4 Å². The van der Waals surface area contributed by atoms with Gasteiger partial charge in [-0.25, -0.2) is 0 Å². The van der Waals surface area contributed by atoms with E-state index >= 15 is 0 Å². The summed E-state index contributed by atoms with van der Waals surface area (Å²) < 4.78 is 5.23. The van der Waals surface area contributed by atoms with Crippen LogP contribution in [0, 0.1) is 20.8 Å². The van der Waals surface area contributed by atoms with Crippen molar-refractivity contribution >= 4 is 5.91 Å². The van der Waals surface area contributed by atoms with E-state index in [-0.39, 0.29) is 11.8 Å². The molecule has 1 unspecified atom stereocenters. The van der Waals surface area contributed by atoms with Crippen molar-refractivity contribution < 1.29 is 9.32 Å². The SMILES string of the molecule is Cc1ccc(CCC(=O)N2CCC(c3nc(C)no3)C2)c(C)c1. The van der Waals surface area contributed by atoms with E-state index in [1.807, 2.05) is 11.8 Å². The first kappa shape index (κ1) is 15.7. The number of amides is 1. The van der Waals surface area contributed by atoms with Gasteiger partial charge in [0.05, 0.1) is 5.92 Å². The van der Waals surface area contributed by atoms with Gasteiger partial charge in [0.25, 0.3) is 0 Å². The molecule has 2 aromatic rings. The quantitative estimate of drug-likeness (QED) is 0.871. The van der Waals surface area contributed by atoms with Gasteiger partial charge in [0.15, 0.2) is 5.82 Å². The zero-order valence-corrected chi connectivity index (χ0v) is 14.0. The van der Waals surface area contributed by atoms with Crippen molar-refractivity contribution in [2.75, 3.05) is 13.1 Å². The van der Waals surface area contributed by atoms with Gasteiger partial charge in [-0.1, -0.05) is 28.9 Å². The number of aryl methyl sites for hydroxylation is 4. The third-order valence-corrected chi connectivity index (χ3v) is 4.54. The van der Waals surface area contributed by atoms with Gasteiger partial charge in [-0.15, -0.1) is 0 Å². The molecule has 2 heterocycles. The zero-order valence-electron chi connectivity index (χ0n) is 14.0. The highest BCUT2D eigenvalue weighted by Gasteiger charge is 2.30. The molecule has 0 spiro atoms. The van der Waals surface area contributed by atoms with Crippen LogP contribution in [-0.2, 0) is 11.2 Å². The van der Waals surface area contributed by atoms with Gasteiger partial charge in [-0.05, 0) is 44.7 Å². The summed E-state index contributed by atoms with van der Waals surface area (Å²) in [7, 11) is 0. The van der Waals surface area contributed by atoms with Crippen LogP contribution in [0.25, 0.3) is 0 Å². The van der Waals surface area contributed by atoms with Crippen molar-refractivity contribution in [1.82, 2.24) is 15.0 Å². The molecule has 0 saturated carbocycles. The van der Waals surface area contributed by atoms with Gasteiger partial charge in [-0.2, -0.15) is 4.98 Å². The fourth-order valence-corrected chi connectivity index (χ4v) is 3.19. The van der Waals surface area contributed by atoms with E-state index in [0.29, 0.717) is 24.7 Å². The summed E-state index contributed by atoms with van der Waals surface area (Å²) in [4.78, 5) is 18.6. The van der Waals surface area contributed by atoms with Crippen LogP contribution in [0.5, 0.6) is 0 Å². The molecule has 3 rings (SSSR count). The highest BCUT2D eigenvalue weighted by atomic mass is 16.5. The summed E-state index contributed by atoms with van der Waals surface area (Å²) in [5.41, 5.74) is 3.78. The molecule has 1 saturated heterocycles. The number of carbonyl (C=O) groups is 1. The lowest BCUT2D eigenvalue weighted by Gasteiger charge is -2.16. The summed E-state index contributed by atoms with van der Waals surface area (Å²) in [5, 5.41) is 3.83. The van der Waals surface area contributed by atoms with Crippen molar-refractivity contribution in [3.8, 4) is 0 Å². The Morgan fingerprint density at radius 1 is 1.35 bits per heavy atom. The second kappa shape index (κ2) is 6.52. The fraction of sp³-hybridized carbons (Fsp3) is 0.500. The highest BCUT2D eigenvalue weighted by Crippen LogP contribution is 2.26. The smallest absolute Gasteiger partial charge is 0.231 e. The van der Waals surface area contributed by atoms with Crippen molar-refractivity contribution in [2.45, 2.75) is 46.0 Å². The first-order valence-corrected chi connectivity index (χ1v) is 8.17. The first-order valence-electron chi connectivity index (χ1n) is 8.17. The molecule has 23 heavy (non-hydrogen) atoms. The fourth-order valence-electron chi connectivity index (χ4n) is 3.19. The van der Waals surface area contributed by atoms with Gasteiger partial charge in [0.1, 0.15) is 0 Å². The summed E-state index contributed by atoms with van der Waals surface area (Å²) in [5.74, 6) is 1.71. The molecular formula is C18H23N3O2. The first-order chi connectivity index (χ1) is 11.0. The summed E-state index contributed by atoms with van der Waals surface area (Å²) in [6.07, 6.45) is 2.25. The van der Waals surface area contributed by atoms with Crippen LogP contribution in [-0.4, -0.2) is 34.0 Å². The molecular weight excluding hydrogens is 290 g/mol. The predicted octanol–water partition coefficient (Wildman–Crippen LogP) is 2.94. The van der Waals surface area contributed by atoms with Gasteiger partial charge < -0.3 is 9.42 Å². The summed E-state index contributed by atoms with van der Waals surface area (Å²) in [6.45, 7) is 7.47. The standard InChI is InChI=1S/C18H23N3O2/c1-12-4-5-15(13(2)10-12)6-7-17(22)21-9-8-16(11-21)18-19-14(3)20-23-18/h4-5,10,16H,6-9,11H2,1-3H3. The minimum atomic E-state index is 0.182. The van der Waals surface area contributed by atoms with Crippen LogP contribution < -0.4 is 0 Å². The largest absolute Gasteiger partial charge is 0.342 e. The van der Waals surface area contributed by atoms with E-state index in [1.165, 1.54) is 16.7 Å². The number of hydrogen-bond acceptors (Lipinski definition) is 4. The molecule has 0 aliphatic carbocycles. The Hall–Kier alpha value is -2.17. The molecule has 0 N–H and O–H groups in total. The van der Waals surface area contributed by atoms with Gasteiger partial charge >= 0.3 is 0 Å². The van der Waals surface area contributed by atoms with E-state index in [9.17, 15) is 4.79 Å². The van der Waals surface area contributed by atoms with Gasteiger partial charge in [-0.3, -0.25) is 4.79 Å². The number of likely N-dealkylation sites (tertiary alicyclic amines) is 1. The Bertz CT molecular complexity index is 708. The number of benzene rings is 1. The molecule has 122 valence electrons. The monoisotopic (exact) mass is 313 g/mol. The maximum absolute atomic E-state index is 12.4. The predicted molar refractivity (Wildman–Crippen MR) is 87.2 cm³/mol. The molecule has 1 fully saturated rings. The molecule has 1 aliphatic heterocycles. The van der Waals surface area contributed by atoms with Crippen LogP contribution in [0.2, 0.25) is 0 Å². The van der Waals surface area contributed by atoms with Crippen LogP contribution in [0.1, 0.15) is 47.2 Å². The van der Waals surface area contributed by atoms with Crippen LogP contribution in [0.3, 0.4) is 0 Å². The van der Waals surface area contributed by atoms with E-state index in [2.05, 4.69) is 42.2 Å². The topological polar surface area (TPSA) is 59.2 Å². The minimum absolute atomic E-state index is 0.182. The zero-order chi connectivity index (χ0) is 16.4. The Morgan fingerprint density at radius 3 is 2.87 bits per heavy atom. The normalized spacial score (nSPS) is 17.7. The maximum Gasteiger partial charge on any atom is 0.231 e. The van der Waals surface area contributed by atoms with Crippen molar-refractivity contribution in [1.29, 1.82) is 0 Å². The second-order valence-corrected chi connectivity index (χ2v) is 6.44. The molecule has 1 aliphatic rings. The van der Waals surface area contributed by atoms with Crippen LogP contribution >= 0.6 is 0 Å². The van der Waals surface area contributed by atoms with Crippen LogP contribution in [0.4, 0.5) is 0 Å². The van der Waals surface area contributed by atoms with E-state index in [1.54, 1.807) is 0 Å². The number of carbonyl (C=O) groups excluding carboxylic acids is 1. The van der Waals surface area contributed by atoms with Crippen LogP contribution in [0.15, 0.2) is 22.7 Å². The Balaban J connectivity index is 1.55. The molecule has 1 atom stereocenters. The molecule has 1 aromatic carbocycles. The lowest BCUT2D eigenvalue weighted by molar-refractivity contribution is -0.130.